The highest BCUT2D eigenvalue weighted by Gasteiger charge is 2.32. The van der Waals surface area contributed by atoms with Crippen molar-refractivity contribution >= 4 is 21.7 Å². The Morgan fingerprint density at radius 3 is 2.84 bits per heavy atom. The predicted octanol–water partition coefficient (Wildman–Crippen LogP) is 3.35. The summed E-state index contributed by atoms with van der Waals surface area (Å²) >= 11 is 3.42. The lowest BCUT2D eigenvalue weighted by Crippen LogP contribution is -2.42. The number of hydrogen-bond acceptors (Lipinski definition) is 3. The molecule has 1 saturated heterocycles. The van der Waals surface area contributed by atoms with Crippen molar-refractivity contribution in [2.24, 2.45) is 11.8 Å². The van der Waals surface area contributed by atoms with Gasteiger partial charge in [0.15, 0.2) is 0 Å². The van der Waals surface area contributed by atoms with Gasteiger partial charge in [-0.05, 0) is 46.7 Å². The Labute approximate surface area is 123 Å². The molecule has 1 aromatic rings. The van der Waals surface area contributed by atoms with Crippen LogP contribution in [0.2, 0.25) is 0 Å². The van der Waals surface area contributed by atoms with Gasteiger partial charge in [-0.2, -0.15) is 0 Å². The maximum Gasteiger partial charge on any atom is 0.134 e. The highest BCUT2D eigenvalue weighted by atomic mass is 79.9. The number of fused-ring (bicyclic) bond motifs is 1. The Morgan fingerprint density at radius 2 is 2.05 bits per heavy atom. The van der Waals surface area contributed by atoms with Gasteiger partial charge in [-0.1, -0.05) is 19.3 Å². The first-order valence-electron chi connectivity index (χ1n) is 7.28. The van der Waals surface area contributed by atoms with Crippen LogP contribution < -0.4 is 4.90 Å². The summed E-state index contributed by atoms with van der Waals surface area (Å²) in [5.41, 5.74) is 0.934. The third kappa shape index (κ3) is 2.79. The summed E-state index contributed by atoms with van der Waals surface area (Å²) in [5, 5.41) is 9.52. The molecule has 1 aliphatic carbocycles. The van der Waals surface area contributed by atoms with Crippen molar-refractivity contribution < 1.29 is 5.11 Å². The summed E-state index contributed by atoms with van der Waals surface area (Å²) < 4.78 is 0.938. The average Bonchev–Trinajstić information content (AvgIpc) is 2.46. The van der Waals surface area contributed by atoms with Crippen LogP contribution in [0.4, 0.5) is 5.82 Å². The van der Waals surface area contributed by atoms with Crippen LogP contribution in [0.1, 0.15) is 37.7 Å². The van der Waals surface area contributed by atoms with E-state index in [4.69, 9.17) is 0 Å². The summed E-state index contributed by atoms with van der Waals surface area (Å²) in [6, 6.07) is 1.98. The molecule has 2 unspecified atom stereocenters. The number of halogens is 1. The van der Waals surface area contributed by atoms with Crippen molar-refractivity contribution in [3.63, 3.8) is 0 Å². The number of nitrogens with zero attached hydrogens (tertiary/aromatic N) is 2. The first kappa shape index (κ1) is 13.4. The van der Waals surface area contributed by atoms with E-state index < -0.39 is 0 Å². The number of rotatable bonds is 2. The van der Waals surface area contributed by atoms with Crippen molar-refractivity contribution in [3.05, 3.63) is 22.3 Å². The topological polar surface area (TPSA) is 36.4 Å². The van der Waals surface area contributed by atoms with Gasteiger partial charge in [-0.15, -0.1) is 0 Å². The number of pyridine rings is 1. The van der Waals surface area contributed by atoms with Crippen molar-refractivity contribution in [1.29, 1.82) is 0 Å². The van der Waals surface area contributed by atoms with E-state index >= 15 is 0 Å². The first-order chi connectivity index (χ1) is 9.28. The maximum atomic E-state index is 9.52. The van der Waals surface area contributed by atoms with E-state index in [9.17, 15) is 5.11 Å². The van der Waals surface area contributed by atoms with Gasteiger partial charge in [0.25, 0.3) is 0 Å². The van der Waals surface area contributed by atoms with E-state index in [-0.39, 0.29) is 6.61 Å². The quantitative estimate of drug-likeness (QED) is 0.906. The van der Waals surface area contributed by atoms with E-state index in [0.717, 1.165) is 40.8 Å². The highest BCUT2D eigenvalue weighted by molar-refractivity contribution is 9.10. The van der Waals surface area contributed by atoms with Gasteiger partial charge in [0.2, 0.25) is 0 Å². The van der Waals surface area contributed by atoms with Gasteiger partial charge in [0.1, 0.15) is 5.82 Å². The molecule has 3 rings (SSSR count). The summed E-state index contributed by atoms with van der Waals surface area (Å²) in [7, 11) is 0. The molecule has 0 spiro atoms. The Hall–Kier alpha value is -0.610. The van der Waals surface area contributed by atoms with Crippen LogP contribution in [0, 0.1) is 11.8 Å². The van der Waals surface area contributed by atoms with E-state index in [1.54, 1.807) is 0 Å². The van der Waals surface area contributed by atoms with Gasteiger partial charge in [-0.25, -0.2) is 4.98 Å². The van der Waals surface area contributed by atoms with Crippen molar-refractivity contribution in [1.82, 2.24) is 4.98 Å². The zero-order valence-electron chi connectivity index (χ0n) is 11.2. The fourth-order valence-corrected chi connectivity index (χ4v) is 4.05. The molecular weight excluding hydrogens is 304 g/mol. The third-order valence-corrected chi connectivity index (χ3v) is 5.10. The van der Waals surface area contributed by atoms with E-state index in [0.29, 0.717) is 0 Å². The zero-order chi connectivity index (χ0) is 13.2. The monoisotopic (exact) mass is 324 g/mol. The Bertz CT molecular complexity index is 452. The van der Waals surface area contributed by atoms with E-state index in [1.807, 2.05) is 12.3 Å². The summed E-state index contributed by atoms with van der Waals surface area (Å²) in [6.45, 7) is 2.27. The standard InChI is InChI=1S/C15H21BrN2O/c16-14-7-13(10-19)15(17-8-14)18-6-5-11-3-1-2-4-12(11)9-18/h7-8,11-12,19H,1-6,9-10H2. The minimum Gasteiger partial charge on any atom is -0.392 e. The van der Waals surface area contributed by atoms with Crippen LogP contribution in [0.15, 0.2) is 16.7 Å². The molecule has 2 fully saturated rings. The highest BCUT2D eigenvalue weighted by Crippen LogP contribution is 2.37. The molecule has 2 atom stereocenters. The molecule has 0 aromatic carbocycles. The van der Waals surface area contributed by atoms with E-state index in [2.05, 4.69) is 25.8 Å². The molecule has 104 valence electrons. The molecule has 2 aliphatic rings. The Balaban J connectivity index is 1.79. The fraction of sp³-hybridized carbons (Fsp3) is 0.667. The minimum absolute atomic E-state index is 0.0619. The largest absolute Gasteiger partial charge is 0.392 e. The minimum atomic E-state index is 0.0619. The van der Waals surface area contributed by atoms with Crippen molar-refractivity contribution in [2.75, 3.05) is 18.0 Å². The molecule has 1 saturated carbocycles. The number of piperidine rings is 1. The smallest absolute Gasteiger partial charge is 0.134 e. The van der Waals surface area contributed by atoms with E-state index in [1.165, 1.54) is 32.1 Å². The average molecular weight is 325 g/mol. The second-order valence-electron chi connectivity index (χ2n) is 5.83. The van der Waals surface area contributed by atoms with Gasteiger partial charge in [0.05, 0.1) is 6.61 Å². The third-order valence-electron chi connectivity index (χ3n) is 4.67. The van der Waals surface area contributed by atoms with Gasteiger partial charge >= 0.3 is 0 Å². The lowest BCUT2D eigenvalue weighted by atomic mass is 9.75. The van der Waals surface area contributed by atoms with Crippen molar-refractivity contribution in [2.45, 2.75) is 38.7 Å². The molecule has 2 heterocycles. The number of aliphatic hydroxyl groups is 1. The summed E-state index contributed by atoms with van der Waals surface area (Å²) in [4.78, 5) is 6.91. The first-order valence-corrected chi connectivity index (χ1v) is 8.07. The molecule has 0 bridgehead atoms. The van der Waals surface area contributed by atoms with Gasteiger partial charge in [-0.3, -0.25) is 0 Å². The summed E-state index contributed by atoms with van der Waals surface area (Å²) in [6.07, 6.45) is 8.70. The lowest BCUT2D eigenvalue weighted by molar-refractivity contribution is 0.201. The van der Waals surface area contributed by atoms with Crippen molar-refractivity contribution in [3.8, 4) is 0 Å². The normalized spacial score (nSPS) is 27.2. The number of aliphatic hydroxyl groups excluding tert-OH is 1. The zero-order valence-corrected chi connectivity index (χ0v) is 12.8. The van der Waals surface area contributed by atoms with Crippen LogP contribution in [-0.4, -0.2) is 23.2 Å². The van der Waals surface area contributed by atoms with Crippen LogP contribution in [0.25, 0.3) is 0 Å². The second kappa shape index (κ2) is 5.80. The molecule has 3 nitrogen and oxygen atoms in total. The SMILES string of the molecule is OCc1cc(Br)cnc1N1CCC2CCCCC2C1. The molecule has 0 amide bonds. The molecule has 19 heavy (non-hydrogen) atoms. The molecular formula is C15H21BrN2O. The Kier molecular flexibility index (Phi) is 4.08. The van der Waals surface area contributed by atoms with Crippen LogP contribution in [0.5, 0.6) is 0 Å². The number of hydrogen-bond donors (Lipinski definition) is 1. The number of anilines is 1. The van der Waals surface area contributed by atoms with Crippen LogP contribution >= 0.6 is 15.9 Å². The van der Waals surface area contributed by atoms with Gasteiger partial charge < -0.3 is 10.0 Å². The molecule has 1 aromatic heterocycles. The van der Waals surface area contributed by atoms with Crippen LogP contribution in [0.3, 0.4) is 0 Å². The summed E-state index contributed by atoms with van der Waals surface area (Å²) in [5.74, 6) is 2.74. The Morgan fingerprint density at radius 1 is 1.26 bits per heavy atom. The fourth-order valence-electron chi connectivity index (χ4n) is 3.67. The maximum absolute atomic E-state index is 9.52. The lowest BCUT2D eigenvalue weighted by Gasteiger charge is -2.42. The molecule has 1 aliphatic heterocycles. The molecule has 0 radical (unpaired) electrons. The van der Waals surface area contributed by atoms with Crippen LogP contribution in [-0.2, 0) is 6.61 Å². The molecule has 1 N–H and O–H groups in total. The predicted molar refractivity (Wildman–Crippen MR) is 80.1 cm³/mol. The van der Waals surface area contributed by atoms with Gasteiger partial charge in [0, 0.05) is 29.3 Å². The second-order valence-corrected chi connectivity index (χ2v) is 6.75. The molecule has 4 heteroatoms. The number of aromatic nitrogens is 1.